The van der Waals surface area contributed by atoms with Gasteiger partial charge >= 0.3 is 0 Å². The van der Waals surface area contributed by atoms with Crippen LogP contribution in [0.25, 0.3) is 0 Å². The van der Waals surface area contributed by atoms with Gasteiger partial charge in [-0.3, -0.25) is 9.59 Å². The van der Waals surface area contributed by atoms with Gasteiger partial charge in [0.15, 0.2) is 0 Å². The Morgan fingerprint density at radius 2 is 1.85 bits per heavy atom. The van der Waals surface area contributed by atoms with E-state index in [1.165, 1.54) is 12.1 Å². The fourth-order valence-corrected chi connectivity index (χ4v) is 2.48. The fraction of sp³-hybridized carbons (Fsp3) is 0.600. The molecule has 0 fully saturated rings. The van der Waals surface area contributed by atoms with E-state index in [0.29, 0.717) is 26.0 Å². The second kappa shape index (κ2) is 11.6. The van der Waals surface area contributed by atoms with Crippen LogP contribution in [0.3, 0.4) is 0 Å². The zero-order valence-electron chi connectivity index (χ0n) is 16.3. The number of carbonyl (C=O) groups is 2. The molecular formula is C20H31FN2O3. The number of amides is 2. The molecule has 1 atom stereocenters. The predicted octanol–water partition coefficient (Wildman–Crippen LogP) is 3.27. The monoisotopic (exact) mass is 366 g/mol. The van der Waals surface area contributed by atoms with Crippen LogP contribution in [0, 0.1) is 5.82 Å². The molecule has 1 rings (SSSR count). The maximum absolute atomic E-state index is 13.1. The average molecular weight is 366 g/mol. The lowest BCUT2D eigenvalue weighted by molar-refractivity contribution is -0.140. The number of hydrogen-bond donors (Lipinski definition) is 1. The van der Waals surface area contributed by atoms with Crippen LogP contribution in [-0.4, -0.2) is 42.0 Å². The molecule has 5 nitrogen and oxygen atoms in total. The van der Waals surface area contributed by atoms with Gasteiger partial charge in [-0.1, -0.05) is 19.1 Å². The molecule has 0 saturated heterocycles. The highest BCUT2D eigenvalue weighted by molar-refractivity contribution is 5.87. The molecule has 0 aliphatic carbocycles. The Hall–Kier alpha value is -1.95. The lowest BCUT2D eigenvalue weighted by Crippen LogP contribution is -2.47. The molecule has 0 radical (unpaired) electrons. The lowest BCUT2D eigenvalue weighted by Gasteiger charge is -2.28. The van der Waals surface area contributed by atoms with Gasteiger partial charge in [0, 0.05) is 26.1 Å². The second-order valence-corrected chi connectivity index (χ2v) is 6.64. The Kier molecular flexibility index (Phi) is 9.88. The number of benzene rings is 1. The van der Waals surface area contributed by atoms with Crippen molar-refractivity contribution in [2.75, 3.05) is 13.2 Å². The molecule has 0 saturated carbocycles. The highest BCUT2D eigenvalue weighted by Gasteiger charge is 2.25. The zero-order valence-corrected chi connectivity index (χ0v) is 16.3. The van der Waals surface area contributed by atoms with Crippen molar-refractivity contribution in [1.29, 1.82) is 0 Å². The third kappa shape index (κ3) is 7.95. The first kappa shape index (κ1) is 22.1. The first-order chi connectivity index (χ1) is 12.3. The third-order valence-corrected chi connectivity index (χ3v) is 3.97. The van der Waals surface area contributed by atoms with E-state index >= 15 is 0 Å². The third-order valence-electron chi connectivity index (χ3n) is 3.97. The van der Waals surface area contributed by atoms with Crippen molar-refractivity contribution in [2.24, 2.45) is 0 Å². The number of halogens is 1. The number of nitrogens with one attached hydrogen (secondary N) is 1. The summed E-state index contributed by atoms with van der Waals surface area (Å²) in [7, 11) is 0. The fourth-order valence-electron chi connectivity index (χ4n) is 2.48. The largest absolute Gasteiger partial charge is 0.379 e. The van der Waals surface area contributed by atoms with Crippen molar-refractivity contribution < 1.29 is 18.7 Å². The van der Waals surface area contributed by atoms with Crippen molar-refractivity contribution in [3.05, 3.63) is 35.6 Å². The van der Waals surface area contributed by atoms with E-state index in [-0.39, 0.29) is 30.3 Å². The Balaban J connectivity index is 2.65. The zero-order chi connectivity index (χ0) is 19.5. The Bertz CT molecular complexity index is 561. The number of ether oxygens (including phenoxy) is 1. The smallest absolute Gasteiger partial charge is 0.242 e. The van der Waals surface area contributed by atoms with Gasteiger partial charge in [0.05, 0.1) is 6.10 Å². The van der Waals surface area contributed by atoms with Crippen LogP contribution in [0.5, 0.6) is 0 Å². The van der Waals surface area contributed by atoms with E-state index in [4.69, 9.17) is 4.74 Å². The van der Waals surface area contributed by atoms with Gasteiger partial charge in [0.1, 0.15) is 11.9 Å². The summed E-state index contributed by atoms with van der Waals surface area (Å²) in [6.45, 7) is 8.94. The molecule has 0 bridgehead atoms. The molecule has 0 unspecified atom stereocenters. The van der Waals surface area contributed by atoms with Gasteiger partial charge in [-0.2, -0.15) is 0 Å². The number of hydrogen-bond acceptors (Lipinski definition) is 3. The SMILES string of the molecule is CCCC(=O)N(Cc1ccc(F)cc1)[C@H](C)C(=O)NCCCOC(C)C. The molecule has 0 aromatic heterocycles. The Labute approximate surface area is 155 Å². The van der Waals surface area contributed by atoms with E-state index in [9.17, 15) is 14.0 Å². The number of rotatable bonds is 11. The quantitative estimate of drug-likeness (QED) is 0.612. The van der Waals surface area contributed by atoms with Crippen LogP contribution in [0.1, 0.15) is 52.5 Å². The Morgan fingerprint density at radius 1 is 1.19 bits per heavy atom. The van der Waals surface area contributed by atoms with Crippen LogP contribution in [0.4, 0.5) is 4.39 Å². The van der Waals surface area contributed by atoms with Gasteiger partial charge in [-0.05, 0) is 51.3 Å². The van der Waals surface area contributed by atoms with Crippen molar-refractivity contribution in [3.63, 3.8) is 0 Å². The number of nitrogens with zero attached hydrogens (tertiary/aromatic N) is 1. The first-order valence-electron chi connectivity index (χ1n) is 9.28. The molecule has 0 aliphatic heterocycles. The van der Waals surface area contributed by atoms with Crippen LogP contribution in [-0.2, 0) is 20.9 Å². The maximum atomic E-state index is 13.1. The summed E-state index contributed by atoms with van der Waals surface area (Å²) in [4.78, 5) is 26.4. The van der Waals surface area contributed by atoms with E-state index in [2.05, 4.69) is 5.32 Å². The van der Waals surface area contributed by atoms with Crippen molar-refractivity contribution in [2.45, 2.75) is 65.6 Å². The minimum Gasteiger partial charge on any atom is -0.379 e. The molecule has 1 N–H and O–H groups in total. The molecule has 6 heteroatoms. The molecule has 1 aromatic carbocycles. The standard InChI is InChI=1S/C20H31FN2O3/c1-5-7-19(24)23(14-17-8-10-18(21)11-9-17)16(4)20(25)22-12-6-13-26-15(2)3/h8-11,15-16H,5-7,12-14H2,1-4H3,(H,22,25)/t16-/m1/s1. The minimum atomic E-state index is -0.592. The maximum Gasteiger partial charge on any atom is 0.242 e. The second-order valence-electron chi connectivity index (χ2n) is 6.64. The van der Waals surface area contributed by atoms with Gasteiger partial charge < -0.3 is 15.0 Å². The normalized spacial score (nSPS) is 12.1. The molecule has 0 heterocycles. The summed E-state index contributed by atoms with van der Waals surface area (Å²) in [6.07, 6.45) is 1.97. The highest BCUT2D eigenvalue weighted by Crippen LogP contribution is 2.12. The van der Waals surface area contributed by atoms with E-state index in [1.807, 2.05) is 20.8 Å². The van der Waals surface area contributed by atoms with Crippen LogP contribution < -0.4 is 5.32 Å². The Morgan fingerprint density at radius 3 is 2.42 bits per heavy atom. The molecule has 0 aliphatic rings. The topological polar surface area (TPSA) is 58.6 Å². The van der Waals surface area contributed by atoms with Crippen molar-refractivity contribution in [1.82, 2.24) is 10.2 Å². The first-order valence-corrected chi connectivity index (χ1v) is 9.28. The summed E-state index contributed by atoms with van der Waals surface area (Å²) >= 11 is 0. The van der Waals surface area contributed by atoms with E-state index in [0.717, 1.165) is 12.0 Å². The van der Waals surface area contributed by atoms with Crippen LogP contribution in [0.2, 0.25) is 0 Å². The predicted molar refractivity (Wildman–Crippen MR) is 100 cm³/mol. The number of carbonyl (C=O) groups excluding carboxylic acids is 2. The van der Waals surface area contributed by atoms with E-state index in [1.54, 1.807) is 24.0 Å². The summed E-state index contributed by atoms with van der Waals surface area (Å²) in [5.74, 6) is -0.599. The lowest BCUT2D eigenvalue weighted by atomic mass is 10.1. The van der Waals surface area contributed by atoms with Gasteiger partial charge in [0.25, 0.3) is 0 Å². The summed E-state index contributed by atoms with van der Waals surface area (Å²) in [5, 5.41) is 2.86. The molecular weight excluding hydrogens is 335 g/mol. The van der Waals surface area contributed by atoms with Crippen LogP contribution in [0.15, 0.2) is 24.3 Å². The van der Waals surface area contributed by atoms with Gasteiger partial charge in [0.2, 0.25) is 11.8 Å². The molecule has 26 heavy (non-hydrogen) atoms. The van der Waals surface area contributed by atoms with Gasteiger partial charge in [-0.15, -0.1) is 0 Å². The molecule has 2 amide bonds. The molecule has 0 spiro atoms. The highest BCUT2D eigenvalue weighted by atomic mass is 19.1. The summed E-state index contributed by atoms with van der Waals surface area (Å²) in [5.41, 5.74) is 0.792. The summed E-state index contributed by atoms with van der Waals surface area (Å²) in [6, 6.07) is 5.39. The molecule has 146 valence electrons. The van der Waals surface area contributed by atoms with Crippen molar-refractivity contribution in [3.8, 4) is 0 Å². The van der Waals surface area contributed by atoms with Crippen LogP contribution >= 0.6 is 0 Å². The molecule has 1 aromatic rings. The average Bonchev–Trinajstić information content (AvgIpc) is 2.60. The van der Waals surface area contributed by atoms with Crippen molar-refractivity contribution >= 4 is 11.8 Å². The minimum absolute atomic E-state index is 0.0809. The van der Waals surface area contributed by atoms with Gasteiger partial charge in [-0.25, -0.2) is 4.39 Å². The van der Waals surface area contributed by atoms with E-state index < -0.39 is 6.04 Å². The summed E-state index contributed by atoms with van der Waals surface area (Å²) < 4.78 is 18.5.